The first-order valence-electron chi connectivity index (χ1n) is 12.4. The predicted molar refractivity (Wildman–Crippen MR) is 152 cm³/mol. The molecule has 0 bridgehead atoms. The van der Waals surface area contributed by atoms with Crippen molar-refractivity contribution in [3.63, 3.8) is 0 Å². The fraction of sp³-hybridized carbons (Fsp3) is 0.0857. The van der Waals surface area contributed by atoms with E-state index in [9.17, 15) is 14.9 Å². The molecular weight excluding hydrogens is 467 g/mol. The van der Waals surface area contributed by atoms with Gasteiger partial charge in [0, 0.05) is 5.56 Å². The van der Waals surface area contributed by atoms with Gasteiger partial charge in [-0.3, -0.25) is 0 Å². The van der Waals surface area contributed by atoms with E-state index in [1.165, 1.54) is 12.1 Å². The lowest BCUT2D eigenvalue weighted by Crippen LogP contribution is -1.97. The van der Waals surface area contributed by atoms with Crippen LogP contribution in [-0.4, -0.2) is 0 Å². The number of aryl methyl sites for hydroxylation is 2. The quantitative estimate of drug-likeness (QED) is 0.251. The summed E-state index contributed by atoms with van der Waals surface area (Å²) in [6.07, 6.45) is 0. The molecule has 0 amide bonds. The molecule has 182 valence electrons. The number of benzene rings is 5. The van der Waals surface area contributed by atoms with Crippen LogP contribution in [0.1, 0.15) is 27.8 Å². The lowest BCUT2D eigenvalue weighted by molar-refractivity contribution is 0.628. The molecule has 3 heteroatoms. The number of halogens is 1. The van der Waals surface area contributed by atoms with Crippen molar-refractivity contribution < 1.29 is 4.39 Å². The van der Waals surface area contributed by atoms with Crippen molar-refractivity contribution in [2.45, 2.75) is 20.8 Å². The number of nitrogens with zero attached hydrogens (tertiary/aromatic N) is 2. The fourth-order valence-corrected chi connectivity index (χ4v) is 5.01. The molecule has 0 saturated heterocycles. The zero-order valence-corrected chi connectivity index (χ0v) is 21.5. The molecule has 0 heterocycles. The highest BCUT2D eigenvalue weighted by Crippen LogP contribution is 2.41. The Hall–Kier alpha value is -4.99. The van der Waals surface area contributed by atoms with Crippen molar-refractivity contribution in [1.82, 2.24) is 0 Å². The van der Waals surface area contributed by atoms with Gasteiger partial charge in [-0.15, -0.1) is 0 Å². The molecule has 0 N–H and O–H groups in total. The molecule has 5 aromatic rings. The van der Waals surface area contributed by atoms with Crippen LogP contribution in [-0.2, 0) is 0 Å². The zero-order chi connectivity index (χ0) is 26.8. The Morgan fingerprint density at radius 2 is 1.16 bits per heavy atom. The van der Waals surface area contributed by atoms with E-state index in [0.29, 0.717) is 11.1 Å². The second kappa shape index (κ2) is 10.2. The van der Waals surface area contributed by atoms with Crippen molar-refractivity contribution in [3.05, 3.63) is 131 Å². The third-order valence-corrected chi connectivity index (χ3v) is 7.12. The van der Waals surface area contributed by atoms with E-state index in [0.717, 1.165) is 61.2 Å². The van der Waals surface area contributed by atoms with E-state index in [4.69, 9.17) is 0 Å². The van der Waals surface area contributed by atoms with Crippen LogP contribution in [0, 0.1) is 49.3 Å². The van der Waals surface area contributed by atoms with E-state index < -0.39 is 0 Å². The fourth-order valence-electron chi connectivity index (χ4n) is 5.01. The number of rotatable bonds is 4. The van der Waals surface area contributed by atoms with Gasteiger partial charge in [-0.1, -0.05) is 48.5 Å². The Morgan fingerprint density at radius 1 is 0.553 bits per heavy atom. The van der Waals surface area contributed by atoms with E-state index in [2.05, 4.69) is 56.3 Å². The molecule has 0 saturated carbocycles. The second-order valence-electron chi connectivity index (χ2n) is 9.53. The van der Waals surface area contributed by atoms with Crippen LogP contribution in [0.3, 0.4) is 0 Å². The van der Waals surface area contributed by atoms with Gasteiger partial charge >= 0.3 is 0 Å². The summed E-state index contributed by atoms with van der Waals surface area (Å²) in [6, 6.07) is 35.1. The highest BCUT2D eigenvalue weighted by atomic mass is 19.1. The van der Waals surface area contributed by atoms with Crippen LogP contribution >= 0.6 is 0 Å². The summed E-state index contributed by atoms with van der Waals surface area (Å²) >= 11 is 0. The molecule has 0 aliphatic heterocycles. The van der Waals surface area contributed by atoms with Crippen molar-refractivity contribution in [2.75, 3.05) is 0 Å². The van der Waals surface area contributed by atoms with Gasteiger partial charge in [-0.25, -0.2) is 4.39 Å². The van der Waals surface area contributed by atoms with Gasteiger partial charge in [0.15, 0.2) is 0 Å². The molecular formula is C35H25FN2. The van der Waals surface area contributed by atoms with Crippen LogP contribution < -0.4 is 0 Å². The summed E-state index contributed by atoms with van der Waals surface area (Å²) in [5.74, 6) is -0.261. The third kappa shape index (κ3) is 4.59. The minimum Gasteiger partial charge on any atom is -0.207 e. The molecule has 5 rings (SSSR count). The summed E-state index contributed by atoms with van der Waals surface area (Å²) in [4.78, 5) is 0. The molecule has 2 nitrogen and oxygen atoms in total. The largest absolute Gasteiger partial charge is 0.207 e. The number of nitriles is 2. The lowest BCUT2D eigenvalue weighted by atomic mass is 9.84. The Kier molecular flexibility index (Phi) is 6.61. The first-order valence-corrected chi connectivity index (χ1v) is 12.4. The van der Waals surface area contributed by atoms with Crippen molar-refractivity contribution in [1.29, 1.82) is 10.5 Å². The first-order chi connectivity index (χ1) is 18.4. The summed E-state index contributed by atoms with van der Waals surface area (Å²) in [6.45, 7) is 6.22. The summed E-state index contributed by atoms with van der Waals surface area (Å²) in [5.41, 5.74) is 12.5. The molecule has 38 heavy (non-hydrogen) atoms. The van der Waals surface area contributed by atoms with Crippen LogP contribution in [0.25, 0.3) is 44.5 Å². The molecule has 5 aromatic carbocycles. The smallest absolute Gasteiger partial charge is 0.123 e. The molecule has 0 fully saturated rings. The van der Waals surface area contributed by atoms with Gasteiger partial charge < -0.3 is 0 Å². The van der Waals surface area contributed by atoms with Crippen LogP contribution in [0.2, 0.25) is 0 Å². The summed E-state index contributed by atoms with van der Waals surface area (Å²) in [5, 5.41) is 19.2. The lowest BCUT2D eigenvalue weighted by Gasteiger charge is -2.19. The minimum absolute atomic E-state index is 0.261. The number of hydrogen-bond donors (Lipinski definition) is 0. The van der Waals surface area contributed by atoms with Gasteiger partial charge in [0.1, 0.15) is 5.82 Å². The SMILES string of the molecule is Cc1ccc(-c2ccc(F)cc2)cc1-c1cc(-c2ccc(C#N)cc2)cc(-c2c(C)cccc2C#N)c1C. The van der Waals surface area contributed by atoms with E-state index in [1.807, 2.05) is 49.4 Å². The zero-order valence-electron chi connectivity index (χ0n) is 21.5. The monoisotopic (exact) mass is 492 g/mol. The van der Waals surface area contributed by atoms with Crippen molar-refractivity contribution >= 4 is 0 Å². The van der Waals surface area contributed by atoms with Crippen molar-refractivity contribution in [3.8, 4) is 56.6 Å². The standard InChI is InChI=1S/C35H25FN2/c1-22-7-10-28(26-13-15-31(36)16-14-26)17-32(22)33-18-30(27-11-8-25(20-37)9-12-27)19-34(24(33)3)35-23(2)5-4-6-29(35)21-38/h4-19H,1-3H3. The topological polar surface area (TPSA) is 47.6 Å². The average Bonchev–Trinajstić information content (AvgIpc) is 2.94. The van der Waals surface area contributed by atoms with Gasteiger partial charge in [-0.2, -0.15) is 10.5 Å². The maximum Gasteiger partial charge on any atom is 0.123 e. The maximum atomic E-state index is 13.6. The van der Waals surface area contributed by atoms with E-state index in [1.54, 1.807) is 12.1 Å². The van der Waals surface area contributed by atoms with Gasteiger partial charge in [0.2, 0.25) is 0 Å². The van der Waals surface area contributed by atoms with Crippen LogP contribution in [0.4, 0.5) is 4.39 Å². The van der Waals surface area contributed by atoms with E-state index in [-0.39, 0.29) is 5.82 Å². The van der Waals surface area contributed by atoms with Crippen molar-refractivity contribution in [2.24, 2.45) is 0 Å². The number of hydrogen-bond acceptors (Lipinski definition) is 2. The second-order valence-corrected chi connectivity index (χ2v) is 9.53. The predicted octanol–water partition coefficient (Wildman–Crippen LogP) is 9.16. The van der Waals surface area contributed by atoms with Crippen LogP contribution in [0.15, 0.2) is 97.1 Å². The Morgan fingerprint density at radius 3 is 1.84 bits per heavy atom. The Labute approximate surface area is 222 Å². The minimum atomic E-state index is -0.261. The maximum absolute atomic E-state index is 13.6. The molecule has 0 radical (unpaired) electrons. The molecule has 0 aliphatic carbocycles. The third-order valence-electron chi connectivity index (χ3n) is 7.12. The van der Waals surface area contributed by atoms with Gasteiger partial charge in [-0.05, 0) is 125 Å². The molecule has 0 atom stereocenters. The van der Waals surface area contributed by atoms with E-state index >= 15 is 0 Å². The Balaban J connectivity index is 1.80. The normalized spacial score (nSPS) is 10.6. The summed E-state index contributed by atoms with van der Waals surface area (Å²) in [7, 11) is 0. The molecule has 0 aromatic heterocycles. The van der Waals surface area contributed by atoms with Crippen LogP contribution in [0.5, 0.6) is 0 Å². The first kappa shape index (κ1) is 24.7. The highest BCUT2D eigenvalue weighted by molar-refractivity contribution is 5.89. The molecule has 0 aliphatic rings. The highest BCUT2D eigenvalue weighted by Gasteiger charge is 2.18. The van der Waals surface area contributed by atoms with Gasteiger partial charge in [0.05, 0.1) is 23.3 Å². The Bertz CT molecular complexity index is 1750. The average molecular weight is 493 g/mol. The van der Waals surface area contributed by atoms with Gasteiger partial charge in [0.25, 0.3) is 0 Å². The molecule has 0 spiro atoms. The summed E-state index contributed by atoms with van der Waals surface area (Å²) < 4.78 is 13.6. The molecule has 0 unspecified atom stereocenters.